The van der Waals surface area contributed by atoms with Gasteiger partial charge < -0.3 is 14.8 Å². The van der Waals surface area contributed by atoms with E-state index in [9.17, 15) is 13.2 Å². The van der Waals surface area contributed by atoms with Crippen LogP contribution < -0.4 is 19.1 Å². The number of carbonyl (C=O) groups is 1. The third-order valence-electron chi connectivity index (χ3n) is 5.68. The molecule has 7 nitrogen and oxygen atoms in total. The lowest BCUT2D eigenvalue weighted by atomic mass is 10.0. The van der Waals surface area contributed by atoms with E-state index in [4.69, 9.17) is 9.47 Å². The molecule has 0 fully saturated rings. The van der Waals surface area contributed by atoms with Gasteiger partial charge in [0.25, 0.3) is 15.9 Å². The number of hydrogen-bond donors (Lipinski definition) is 1. The van der Waals surface area contributed by atoms with E-state index in [0.717, 1.165) is 24.0 Å². The number of sulfonamides is 1. The molecule has 1 N–H and O–H groups in total. The second kappa shape index (κ2) is 9.15. The van der Waals surface area contributed by atoms with E-state index in [2.05, 4.69) is 5.32 Å². The third kappa shape index (κ3) is 4.39. The number of amides is 1. The Kier molecular flexibility index (Phi) is 6.29. The molecular formula is C25H26N2O5S. The fourth-order valence-corrected chi connectivity index (χ4v) is 5.51. The van der Waals surface area contributed by atoms with Gasteiger partial charge in [-0.1, -0.05) is 29.8 Å². The predicted molar refractivity (Wildman–Crippen MR) is 128 cm³/mol. The zero-order valence-corrected chi connectivity index (χ0v) is 19.6. The van der Waals surface area contributed by atoms with Gasteiger partial charge in [0.2, 0.25) is 0 Å². The first kappa shape index (κ1) is 22.7. The lowest BCUT2D eigenvalue weighted by Crippen LogP contribution is -2.35. The Balaban J connectivity index is 1.68. The minimum absolute atomic E-state index is 0.245. The van der Waals surface area contributed by atoms with Crippen LogP contribution in [0.5, 0.6) is 11.5 Å². The van der Waals surface area contributed by atoms with E-state index in [1.54, 1.807) is 54.6 Å². The molecule has 1 aliphatic rings. The largest absolute Gasteiger partial charge is 0.496 e. The van der Waals surface area contributed by atoms with Crippen LogP contribution in [0.15, 0.2) is 65.6 Å². The molecule has 0 saturated heterocycles. The quantitative estimate of drug-likeness (QED) is 0.582. The fraction of sp³-hybridized carbons (Fsp3) is 0.240. The molecule has 0 radical (unpaired) electrons. The molecule has 0 aromatic heterocycles. The number of nitrogens with zero attached hydrogens (tertiary/aromatic N) is 1. The van der Waals surface area contributed by atoms with Crippen LogP contribution in [0.1, 0.15) is 27.9 Å². The van der Waals surface area contributed by atoms with Crippen molar-refractivity contribution < 1.29 is 22.7 Å². The summed E-state index contributed by atoms with van der Waals surface area (Å²) in [6.45, 7) is 2.29. The summed E-state index contributed by atoms with van der Waals surface area (Å²) in [5.74, 6) is 0.356. The number of methoxy groups -OCH3 is 2. The summed E-state index contributed by atoms with van der Waals surface area (Å²) >= 11 is 0. The van der Waals surface area contributed by atoms with Gasteiger partial charge in [-0.15, -0.1) is 0 Å². The first-order valence-corrected chi connectivity index (χ1v) is 12.0. The molecule has 1 heterocycles. The number of hydrogen-bond acceptors (Lipinski definition) is 5. The number of rotatable bonds is 6. The molecule has 3 aromatic rings. The Morgan fingerprint density at radius 1 is 0.970 bits per heavy atom. The average Bonchev–Trinajstić information content (AvgIpc) is 2.83. The van der Waals surface area contributed by atoms with Gasteiger partial charge in [-0.25, -0.2) is 8.42 Å². The Hall–Kier alpha value is -3.52. The second-order valence-corrected chi connectivity index (χ2v) is 9.69. The molecule has 4 rings (SSSR count). The van der Waals surface area contributed by atoms with Gasteiger partial charge in [-0.3, -0.25) is 9.10 Å². The molecule has 3 aromatic carbocycles. The Labute approximate surface area is 194 Å². The summed E-state index contributed by atoms with van der Waals surface area (Å²) in [5, 5.41) is 2.86. The molecule has 33 heavy (non-hydrogen) atoms. The lowest BCUT2D eigenvalue weighted by molar-refractivity contribution is 0.102. The molecule has 0 unspecified atom stereocenters. The fourth-order valence-electron chi connectivity index (χ4n) is 3.97. The summed E-state index contributed by atoms with van der Waals surface area (Å²) in [7, 11) is -0.762. The number of fused-ring (bicyclic) bond motifs is 1. The summed E-state index contributed by atoms with van der Waals surface area (Å²) in [6.07, 6.45) is 1.49. The normalized spacial score (nSPS) is 13.2. The van der Waals surface area contributed by atoms with Crippen molar-refractivity contribution in [2.45, 2.75) is 24.7 Å². The van der Waals surface area contributed by atoms with Gasteiger partial charge in [-0.05, 0) is 61.7 Å². The van der Waals surface area contributed by atoms with Crippen molar-refractivity contribution in [3.8, 4) is 11.5 Å². The van der Waals surface area contributed by atoms with Gasteiger partial charge in [0, 0.05) is 12.2 Å². The SMILES string of the molecule is COc1cccc(OC)c1C(=O)Nc1ccc2c(c1)N(S(=O)(=O)c1ccc(C)cc1)CCC2. The predicted octanol–water partition coefficient (Wildman–Crippen LogP) is 4.41. The van der Waals surface area contributed by atoms with Crippen LogP contribution in [0.2, 0.25) is 0 Å². The van der Waals surface area contributed by atoms with Gasteiger partial charge in [0.05, 0.1) is 24.8 Å². The van der Waals surface area contributed by atoms with Gasteiger partial charge in [-0.2, -0.15) is 0 Å². The van der Waals surface area contributed by atoms with E-state index in [-0.39, 0.29) is 10.5 Å². The molecule has 0 aliphatic carbocycles. The van der Waals surface area contributed by atoms with Crippen LogP contribution in [0.4, 0.5) is 11.4 Å². The molecule has 1 aliphatic heterocycles. The first-order chi connectivity index (χ1) is 15.8. The Morgan fingerprint density at radius 2 is 1.64 bits per heavy atom. The highest BCUT2D eigenvalue weighted by Gasteiger charge is 2.29. The van der Waals surface area contributed by atoms with Crippen LogP contribution in [0.25, 0.3) is 0 Å². The van der Waals surface area contributed by atoms with Crippen LogP contribution >= 0.6 is 0 Å². The maximum absolute atomic E-state index is 13.4. The van der Waals surface area contributed by atoms with Crippen molar-refractivity contribution in [3.63, 3.8) is 0 Å². The zero-order chi connectivity index (χ0) is 23.6. The van der Waals surface area contributed by atoms with Gasteiger partial charge in [0.1, 0.15) is 17.1 Å². The van der Waals surface area contributed by atoms with E-state index in [0.29, 0.717) is 29.4 Å². The standard InChI is InChI=1S/C25H26N2O5S/c1-17-9-13-20(14-10-17)33(29,30)27-15-5-6-18-11-12-19(16-21(18)27)26-25(28)24-22(31-2)7-4-8-23(24)32-3/h4,7-14,16H,5-6,15H2,1-3H3,(H,26,28). The number of aryl methyl sites for hydroxylation is 2. The lowest BCUT2D eigenvalue weighted by Gasteiger charge is -2.31. The van der Waals surface area contributed by atoms with Crippen LogP contribution in [0, 0.1) is 6.92 Å². The number of nitrogens with one attached hydrogen (secondary N) is 1. The molecule has 0 bridgehead atoms. The topological polar surface area (TPSA) is 84.9 Å². The number of benzene rings is 3. The Bertz CT molecular complexity index is 1260. The Morgan fingerprint density at radius 3 is 2.27 bits per heavy atom. The van der Waals surface area contributed by atoms with Crippen molar-refractivity contribution in [1.82, 2.24) is 0 Å². The van der Waals surface area contributed by atoms with Gasteiger partial charge >= 0.3 is 0 Å². The molecule has 0 spiro atoms. The molecule has 0 saturated carbocycles. The molecule has 172 valence electrons. The minimum Gasteiger partial charge on any atom is -0.496 e. The van der Waals surface area contributed by atoms with E-state index >= 15 is 0 Å². The highest BCUT2D eigenvalue weighted by atomic mass is 32.2. The monoisotopic (exact) mass is 466 g/mol. The number of carbonyl (C=O) groups excluding carboxylic acids is 1. The molecule has 1 amide bonds. The third-order valence-corrected chi connectivity index (χ3v) is 7.51. The van der Waals surface area contributed by atoms with Gasteiger partial charge in [0.15, 0.2) is 0 Å². The first-order valence-electron chi connectivity index (χ1n) is 10.6. The van der Waals surface area contributed by atoms with Crippen LogP contribution in [0.3, 0.4) is 0 Å². The van der Waals surface area contributed by atoms with Crippen molar-refractivity contribution in [2.24, 2.45) is 0 Å². The average molecular weight is 467 g/mol. The molecule has 0 atom stereocenters. The van der Waals surface area contributed by atoms with Crippen molar-refractivity contribution >= 4 is 27.3 Å². The maximum Gasteiger partial charge on any atom is 0.264 e. The molecular weight excluding hydrogens is 440 g/mol. The highest BCUT2D eigenvalue weighted by Crippen LogP contribution is 2.35. The summed E-state index contributed by atoms with van der Waals surface area (Å²) in [6, 6.07) is 17.3. The van der Waals surface area contributed by atoms with Crippen molar-refractivity contribution in [2.75, 3.05) is 30.4 Å². The smallest absolute Gasteiger partial charge is 0.264 e. The summed E-state index contributed by atoms with van der Waals surface area (Å²) in [4.78, 5) is 13.3. The summed E-state index contributed by atoms with van der Waals surface area (Å²) < 4.78 is 38.9. The zero-order valence-electron chi connectivity index (χ0n) is 18.8. The number of anilines is 2. The van der Waals surface area contributed by atoms with Crippen LogP contribution in [-0.2, 0) is 16.4 Å². The van der Waals surface area contributed by atoms with Crippen LogP contribution in [-0.4, -0.2) is 35.1 Å². The highest BCUT2D eigenvalue weighted by molar-refractivity contribution is 7.92. The van der Waals surface area contributed by atoms with E-state index in [1.165, 1.54) is 18.5 Å². The van der Waals surface area contributed by atoms with Crippen molar-refractivity contribution in [3.05, 3.63) is 77.4 Å². The number of ether oxygens (including phenoxy) is 2. The summed E-state index contributed by atoms with van der Waals surface area (Å²) in [5.41, 5.74) is 3.24. The second-order valence-electron chi connectivity index (χ2n) is 7.83. The minimum atomic E-state index is -3.73. The maximum atomic E-state index is 13.4. The van der Waals surface area contributed by atoms with Crippen molar-refractivity contribution in [1.29, 1.82) is 0 Å². The molecule has 8 heteroatoms. The van der Waals surface area contributed by atoms with E-state index < -0.39 is 15.9 Å². The van der Waals surface area contributed by atoms with E-state index in [1.807, 2.05) is 13.0 Å².